The molecule has 0 spiro atoms. The largest absolute Gasteiger partial charge is 0.338 e. The third kappa shape index (κ3) is 2.44. The van der Waals surface area contributed by atoms with Gasteiger partial charge in [0, 0.05) is 11.8 Å². The first kappa shape index (κ1) is 12.0. The fourth-order valence-electron chi connectivity index (χ4n) is 2.12. The monoisotopic (exact) mass is 286 g/mol. The van der Waals surface area contributed by atoms with Gasteiger partial charge in [0.1, 0.15) is 0 Å². The predicted octanol–water partition coefficient (Wildman–Crippen LogP) is 2.85. The molecule has 0 aromatic carbocycles. The Morgan fingerprint density at radius 2 is 2.35 bits per heavy atom. The molecule has 4 rings (SSSR count). The Morgan fingerprint density at radius 1 is 1.40 bits per heavy atom. The zero-order chi connectivity index (χ0) is 13.4. The summed E-state index contributed by atoms with van der Waals surface area (Å²) in [5.41, 5.74) is 1.91. The lowest BCUT2D eigenvalue weighted by molar-refractivity contribution is 0.367. The molecule has 3 heterocycles. The van der Waals surface area contributed by atoms with Gasteiger partial charge in [-0.1, -0.05) is 5.16 Å². The van der Waals surface area contributed by atoms with Crippen LogP contribution in [0.5, 0.6) is 0 Å². The highest BCUT2D eigenvalue weighted by molar-refractivity contribution is 7.17. The van der Waals surface area contributed by atoms with Crippen LogP contribution >= 0.6 is 11.3 Å². The molecule has 3 aromatic heterocycles. The molecule has 0 radical (unpaired) electrons. The SMILES string of the molecule is c1cc2ncc(-c3noc(CNCC4CC4)n3)cc2s1. The topological polar surface area (TPSA) is 63.8 Å². The van der Waals surface area contributed by atoms with Crippen molar-refractivity contribution in [3.8, 4) is 11.4 Å². The lowest BCUT2D eigenvalue weighted by atomic mass is 10.2. The molecule has 1 fully saturated rings. The van der Waals surface area contributed by atoms with Gasteiger partial charge in [0.2, 0.25) is 11.7 Å². The molecular weight excluding hydrogens is 272 g/mol. The van der Waals surface area contributed by atoms with Crippen molar-refractivity contribution in [3.05, 3.63) is 29.6 Å². The lowest BCUT2D eigenvalue weighted by Crippen LogP contribution is -2.16. The van der Waals surface area contributed by atoms with E-state index in [0.717, 1.165) is 28.2 Å². The average Bonchev–Trinajstić information content (AvgIpc) is 2.99. The summed E-state index contributed by atoms with van der Waals surface area (Å²) in [4.78, 5) is 8.81. The van der Waals surface area contributed by atoms with Crippen LogP contribution in [0.25, 0.3) is 21.6 Å². The molecule has 0 atom stereocenters. The summed E-state index contributed by atoms with van der Waals surface area (Å²) in [5.74, 6) is 2.09. The quantitative estimate of drug-likeness (QED) is 0.781. The standard InChI is InChI=1S/C14H14N4OS/c1-2-9(1)6-15-8-13-17-14(18-19-13)10-5-12-11(16-7-10)3-4-20-12/h3-5,7,9,15H,1-2,6,8H2. The van der Waals surface area contributed by atoms with Crippen LogP contribution in [0, 0.1) is 5.92 Å². The second-order valence-corrected chi connectivity index (χ2v) is 6.06. The third-order valence-electron chi connectivity index (χ3n) is 3.44. The van der Waals surface area contributed by atoms with Crippen molar-refractivity contribution in [2.45, 2.75) is 19.4 Å². The molecule has 0 aliphatic heterocycles. The minimum Gasteiger partial charge on any atom is -0.338 e. The molecule has 5 nitrogen and oxygen atoms in total. The second-order valence-electron chi connectivity index (χ2n) is 5.11. The first-order chi connectivity index (χ1) is 9.88. The highest BCUT2D eigenvalue weighted by Gasteiger charge is 2.20. The second kappa shape index (κ2) is 4.96. The lowest BCUT2D eigenvalue weighted by Gasteiger charge is -1.97. The number of hydrogen-bond donors (Lipinski definition) is 1. The van der Waals surface area contributed by atoms with Gasteiger partial charge in [0.15, 0.2) is 0 Å². The van der Waals surface area contributed by atoms with E-state index in [2.05, 4.69) is 26.5 Å². The summed E-state index contributed by atoms with van der Waals surface area (Å²) in [6.07, 6.45) is 4.48. The van der Waals surface area contributed by atoms with Gasteiger partial charge in [0.05, 0.1) is 16.8 Å². The Bertz CT molecular complexity index is 731. The Balaban J connectivity index is 1.50. The van der Waals surface area contributed by atoms with E-state index in [4.69, 9.17) is 4.52 Å². The van der Waals surface area contributed by atoms with Gasteiger partial charge in [-0.05, 0) is 42.8 Å². The third-order valence-corrected chi connectivity index (χ3v) is 4.29. The minimum absolute atomic E-state index is 0.607. The summed E-state index contributed by atoms with van der Waals surface area (Å²) >= 11 is 1.67. The summed E-state index contributed by atoms with van der Waals surface area (Å²) in [5, 5.41) is 9.41. The van der Waals surface area contributed by atoms with Gasteiger partial charge in [-0.3, -0.25) is 4.98 Å². The minimum atomic E-state index is 0.607. The van der Waals surface area contributed by atoms with Crippen molar-refractivity contribution in [2.75, 3.05) is 6.54 Å². The van der Waals surface area contributed by atoms with Crippen molar-refractivity contribution in [1.82, 2.24) is 20.4 Å². The average molecular weight is 286 g/mol. The Labute approximate surface area is 120 Å². The molecule has 20 heavy (non-hydrogen) atoms. The van der Waals surface area contributed by atoms with Crippen molar-refractivity contribution in [1.29, 1.82) is 0 Å². The maximum absolute atomic E-state index is 5.27. The van der Waals surface area contributed by atoms with Gasteiger partial charge in [-0.15, -0.1) is 11.3 Å². The molecule has 1 aliphatic carbocycles. The summed E-state index contributed by atoms with van der Waals surface area (Å²) in [6.45, 7) is 1.68. The molecule has 1 saturated carbocycles. The number of nitrogens with zero attached hydrogens (tertiary/aromatic N) is 3. The van der Waals surface area contributed by atoms with Gasteiger partial charge in [-0.25, -0.2) is 0 Å². The van der Waals surface area contributed by atoms with E-state index in [1.165, 1.54) is 12.8 Å². The van der Waals surface area contributed by atoms with E-state index in [-0.39, 0.29) is 0 Å². The van der Waals surface area contributed by atoms with E-state index in [1.54, 1.807) is 17.5 Å². The molecule has 0 saturated heterocycles. The predicted molar refractivity (Wildman–Crippen MR) is 77.3 cm³/mol. The van der Waals surface area contributed by atoms with Crippen molar-refractivity contribution >= 4 is 21.6 Å². The maximum atomic E-state index is 5.27. The first-order valence-corrected chi connectivity index (χ1v) is 7.63. The van der Waals surface area contributed by atoms with E-state index in [0.29, 0.717) is 18.3 Å². The highest BCUT2D eigenvalue weighted by atomic mass is 32.1. The van der Waals surface area contributed by atoms with E-state index >= 15 is 0 Å². The summed E-state index contributed by atoms with van der Waals surface area (Å²) < 4.78 is 6.41. The normalized spacial score (nSPS) is 15.0. The van der Waals surface area contributed by atoms with Crippen molar-refractivity contribution < 1.29 is 4.52 Å². The number of nitrogens with one attached hydrogen (secondary N) is 1. The highest BCUT2D eigenvalue weighted by Crippen LogP contribution is 2.27. The molecule has 1 N–H and O–H groups in total. The maximum Gasteiger partial charge on any atom is 0.240 e. The zero-order valence-corrected chi connectivity index (χ0v) is 11.7. The number of rotatable bonds is 5. The zero-order valence-electron chi connectivity index (χ0n) is 10.9. The van der Waals surface area contributed by atoms with Crippen LogP contribution in [0.1, 0.15) is 18.7 Å². The summed E-state index contributed by atoms with van der Waals surface area (Å²) in [7, 11) is 0. The van der Waals surface area contributed by atoms with Crippen LogP contribution in [0.4, 0.5) is 0 Å². The summed E-state index contributed by atoms with van der Waals surface area (Å²) in [6, 6.07) is 4.06. The molecule has 0 bridgehead atoms. The first-order valence-electron chi connectivity index (χ1n) is 6.75. The van der Waals surface area contributed by atoms with Gasteiger partial charge < -0.3 is 9.84 Å². The molecule has 1 aliphatic rings. The van der Waals surface area contributed by atoms with Crippen LogP contribution in [0.15, 0.2) is 28.2 Å². The molecule has 102 valence electrons. The molecule has 0 unspecified atom stereocenters. The molecule has 6 heteroatoms. The van der Waals surface area contributed by atoms with Gasteiger partial charge >= 0.3 is 0 Å². The van der Waals surface area contributed by atoms with E-state index in [9.17, 15) is 0 Å². The fraction of sp³-hybridized carbons (Fsp3) is 0.357. The van der Waals surface area contributed by atoms with Crippen LogP contribution in [-0.2, 0) is 6.54 Å². The van der Waals surface area contributed by atoms with Crippen LogP contribution < -0.4 is 5.32 Å². The van der Waals surface area contributed by atoms with Crippen LogP contribution in [0.2, 0.25) is 0 Å². The van der Waals surface area contributed by atoms with E-state index in [1.807, 2.05) is 11.4 Å². The Kier molecular flexibility index (Phi) is 2.97. The van der Waals surface area contributed by atoms with Crippen LogP contribution in [0.3, 0.4) is 0 Å². The van der Waals surface area contributed by atoms with Crippen molar-refractivity contribution in [3.63, 3.8) is 0 Å². The number of hydrogen-bond acceptors (Lipinski definition) is 6. The number of fused-ring (bicyclic) bond motifs is 1. The Hall–Kier alpha value is -1.79. The number of thiophene rings is 1. The molecule has 0 amide bonds. The van der Waals surface area contributed by atoms with Crippen LogP contribution in [-0.4, -0.2) is 21.7 Å². The molecule has 3 aromatic rings. The smallest absolute Gasteiger partial charge is 0.240 e. The number of aromatic nitrogens is 3. The Morgan fingerprint density at radius 3 is 3.25 bits per heavy atom. The fourth-order valence-corrected chi connectivity index (χ4v) is 2.90. The van der Waals surface area contributed by atoms with Gasteiger partial charge in [-0.2, -0.15) is 4.98 Å². The van der Waals surface area contributed by atoms with E-state index < -0.39 is 0 Å². The number of pyridine rings is 1. The van der Waals surface area contributed by atoms with Gasteiger partial charge in [0.25, 0.3) is 0 Å². The molecular formula is C14H14N4OS. The van der Waals surface area contributed by atoms with Crippen molar-refractivity contribution in [2.24, 2.45) is 5.92 Å².